The highest BCUT2D eigenvalue weighted by molar-refractivity contribution is 4.99. The Balaban J connectivity index is 2.10. The highest BCUT2D eigenvalue weighted by atomic mass is 16.5. The molecule has 0 aromatic carbocycles. The smallest absolute Gasteiger partial charge is 0.0834 e. The average molecular weight is 269 g/mol. The van der Waals surface area contributed by atoms with Crippen molar-refractivity contribution in [2.75, 3.05) is 26.9 Å². The molecule has 0 radical (unpaired) electrons. The molecule has 2 atom stereocenters. The van der Waals surface area contributed by atoms with Crippen LogP contribution in [-0.2, 0) is 9.47 Å². The number of nitrogens with one attached hydrogen (secondary N) is 1. The lowest BCUT2D eigenvalue weighted by Gasteiger charge is -2.48. The monoisotopic (exact) mass is 269 g/mol. The minimum atomic E-state index is 0.0356. The summed E-state index contributed by atoms with van der Waals surface area (Å²) in [5.41, 5.74) is 0.0356. The standard InChI is InChI=1S/C16H31NO2/c1-4-17-15(14-6-5-11-19-12-14)16(18-3)9-7-13(2)8-10-16/h13-15,17H,4-12H2,1-3H3. The van der Waals surface area contributed by atoms with E-state index in [1.54, 1.807) is 0 Å². The Hall–Kier alpha value is -0.120. The second kappa shape index (κ2) is 7.05. The van der Waals surface area contributed by atoms with Crippen molar-refractivity contribution in [3.8, 4) is 0 Å². The van der Waals surface area contributed by atoms with Crippen molar-refractivity contribution >= 4 is 0 Å². The topological polar surface area (TPSA) is 30.5 Å². The Morgan fingerprint density at radius 1 is 1.32 bits per heavy atom. The summed E-state index contributed by atoms with van der Waals surface area (Å²) >= 11 is 0. The molecule has 112 valence electrons. The summed E-state index contributed by atoms with van der Waals surface area (Å²) < 4.78 is 11.8. The highest BCUT2D eigenvalue weighted by Gasteiger charge is 2.44. The van der Waals surface area contributed by atoms with E-state index < -0.39 is 0 Å². The fraction of sp³-hybridized carbons (Fsp3) is 1.00. The summed E-state index contributed by atoms with van der Waals surface area (Å²) in [6.07, 6.45) is 7.45. The first-order valence-electron chi connectivity index (χ1n) is 8.08. The number of likely N-dealkylation sites (N-methyl/N-ethyl adjacent to an activating group) is 1. The van der Waals surface area contributed by atoms with Gasteiger partial charge in [0.25, 0.3) is 0 Å². The van der Waals surface area contributed by atoms with Crippen LogP contribution in [-0.4, -0.2) is 38.5 Å². The summed E-state index contributed by atoms with van der Waals surface area (Å²) in [6.45, 7) is 7.42. The molecule has 0 aromatic heterocycles. The Kier molecular flexibility index (Phi) is 5.67. The molecule has 1 heterocycles. The predicted molar refractivity (Wildman–Crippen MR) is 78.4 cm³/mol. The fourth-order valence-electron chi connectivity index (χ4n) is 3.92. The highest BCUT2D eigenvalue weighted by Crippen LogP contribution is 2.40. The average Bonchev–Trinajstić information content (AvgIpc) is 2.47. The zero-order valence-electron chi connectivity index (χ0n) is 12.9. The quantitative estimate of drug-likeness (QED) is 0.832. The van der Waals surface area contributed by atoms with Gasteiger partial charge in [0.05, 0.1) is 12.2 Å². The molecule has 1 aliphatic heterocycles. The number of hydrogen-bond acceptors (Lipinski definition) is 3. The first-order valence-corrected chi connectivity index (χ1v) is 8.08. The third-order valence-corrected chi connectivity index (χ3v) is 5.18. The van der Waals surface area contributed by atoms with Crippen molar-refractivity contribution < 1.29 is 9.47 Å². The molecule has 0 spiro atoms. The van der Waals surface area contributed by atoms with Crippen LogP contribution in [0.5, 0.6) is 0 Å². The van der Waals surface area contributed by atoms with E-state index in [1.807, 2.05) is 7.11 Å². The van der Waals surface area contributed by atoms with Gasteiger partial charge in [-0.05, 0) is 51.0 Å². The summed E-state index contributed by atoms with van der Waals surface area (Å²) in [6, 6.07) is 0.454. The third kappa shape index (κ3) is 3.50. The largest absolute Gasteiger partial charge is 0.381 e. The lowest BCUT2D eigenvalue weighted by atomic mass is 9.70. The fourth-order valence-corrected chi connectivity index (χ4v) is 3.92. The van der Waals surface area contributed by atoms with Gasteiger partial charge in [0.15, 0.2) is 0 Å². The van der Waals surface area contributed by atoms with Crippen molar-refractivity contribution in [2.45, 2.75) is 64.0 Å². The maximum Gasteiger partial charge on any atom is 0.0834 e. The van der Waals surface area contributed by atoms with Crippen molar-refractivity contribution in [3.05, 3.63) is 0 Å². The maximum atomic E-state index is 6.08. The van der Waals surface area contributed by atoms with Gasteiger partial charge < -0.3 is 14.8 Å². The van der Waals surface area contributed by atoms with E-state index in [0.717, 1.165) is 25.7 Å². The van der Waals surface area contributed by atoms with Gasteiger partial charge in [-0.3, -0.25) is 0 Å². The van der Waals surface area contributed by atoms with Gasteiger partial charge in [-0.1, -0.05) is 13.8 Å². The van der Waals surface area contributed by atoms with Crippen LogP contribution in [0.1, 0.15) is 52.4 Å². The number of hydrogen-bond donors (Lipinski definition) is 1. The number of rotatable bonds is 5. The van der Waals surface area contributed by atoms with E-state index in [2.05, 4.69) is 19.2 Å². The molecule has 2 aliphatic rings. The second-order valence-corrected chi connectivity index (χ2v) is 6.46. The van der Waals surface area contributed by atoms with Crippen molar-refractivity contribution in [1.82, 2.24) is 5.32 Å². The van der Waals surface area contributed by atoms with Gasteiger partial charge in [-0.15, -0.1) is 0 Å². The van der Waals surface area contributed by atoms with Crippen LogP contribution in [0.25, 0.3) is 0 Å². The van der Waals surface area contributed by atoms with Gasteiger partial charge in [0, 0.05) is 25.7 Å². The van der Waals surface area contributed by atoms with Crippen molar-refractivity contribution in [2.24, 2.45) is 11.8 Å². The maximum absolute atomic E-state index is 6.08. The molecule has 3 nitrogen and oxygen atoms in total. The molecule has 2 rings (SSSR count). The summed E-state index contributed by atoms with van der Waals surface area (Å²) in [5.74, 6) is 1.47. The lowest BCUT2D eigenvalue weighted by molar-refractivity contribution is -0.103. The molecule has 0 amide bonds. The van der Waals surface area contributed by atoms with Crippen LogP contribution in [0.2, 0.25) is 0 Å². The molecular formula is C16H31NO2. The molecule has 2 fully saturated rings. The van der Waals surface area contributed by atoms with Gasteiger partial charge in [-0.2, -0.15) is 0 Å². The molecule has 1 saturated carbocycles. The van der Waals surface area contributed by atoms with Gasteiger partial charge in [0.2, 0.25) is 0 Å². The number of methoxy groups -OCH3 is 1. The van der Waals surface area contributed by atoms with Crippen molar-refractivity contribution in [3.63, 3.8) is 0 Å². The van der Waals surface area contributed by atoms with E-state index in [1.165, 1.54) is 38.5 Å². The molecule has 1 N–H and O–H groups in total. The van der Waals surface area contributed by atoms with Crippen LogP contribution < -0.4 is 5.32 Å². The molecule has 1 saturated heterocycles. The first-order chi connectivity index (χ1) is 9.22. The van der Waals surface area contributed by atoms with Crippen LogP contribution in [0.15, 0.2) is 0 Å². The van der Waals surface area contributed by atoms with Crippen LogP contribution >= 0.6 is 0 Å². The van der Waals surface area contributed by atoms with E-state index in [0.29, 0.717) is 12.0 Å². The van der Waals surface area contributed by atoms with Crippen LogP contribution in [0.4, 0.5) is 0 Å². The summed E-state index contributed by atoms with van der Waals surface area (Å²) in [7, 11) is 1.91. The predicted octanol–water partition coefficient (Wildman–Crippen LogP) is 2.99. The normalized spacial score (nSPS) is 38.1. The summed E-state index contributed by atoms with van der Waals surface area (Å²) in [4.78, 5) is 0. The van der Waals surface area contributed by atoms with E-state index in [9.17, 15) is 0 Å². The molecule has 0 aromatic rings. The van der Waals surface area contributed by atoms with Crippen LogP contribution in [0, 0.1) is 11.8 Å². The first kappa shape index (κ1) is 15.3. The minimum Gasteiger partial charge on any atom is -0.381 e. The molecule has 19 heavy (non-hydrogen) atoms. The minimum absolute atomic E-state index is 0.0356. The zero-order valence-corrected chi connectivity index (χ0v) is 12.9. The molecule has 0 bridgehead atoms. The van der Waals surface area contributed by atoms with Gasteiger partial charge >= 0.3 is 0 Å². The lowest BCUT2D eigenvalue weighted by Crippen LogP contribution is -2.58. The second-order valence-electron chi connectivity index (χ2n) is 6.46. The SMILES string of the molecule is CCNC(C1CCCOC1)C1(OC)CCC(C)CC1. The Labute approximate surface area is 118 Å². The Morgan fingerprint density at radius 2 is 2.05 bits per heavy atom. The number of ether oxygens (including phenoxy) is 2. The molecular weight excluding hydrogens is 238 g/mol. The summed E-state index contributed by atoms with van der Waals surface area (Å²) in [5, 5.41) is 3.72. The van der Waals surface area contributed by atoms with Crippen LogP contribution in [0.3, 0.4) is 0 Å². The Morgan fingerprint density at radius 3 is 2.58 bits per heavy atom. The van der Waals surface area contributed by atoms with Gasteiger partial charge in [0.1, 0.15) is 0 Å². The van der Waals surface area contributed by atoms with E-state index in [4.69, 9.17) is 9.47 Å². The van der Waals surface area contributed by atoms with E-state index >= 15 is 0 Å². The van der Waals surface area contributed by atoms with E-state index in [-0.39, 0.29) is 5.60 Å². The molecule has 2 unspecified atom stereocenters. The molecule has 3 heteroatoms. The molecule has 1 aliphatic carbocycles. The Bertz CT molecular complexity index is 255. The van der Waals surface area contributed by atoms with Gasteiger partial charge in [-0.25, -0.2) is 0 Å². The van der Waals surface area contributed by atoms with Crippen molar-refractivity contribution in [1.29, 1.82) is 0 Å². The zero-order chi connectivity index (χ0) is 13.7. The third-order valence-electron chi connectivity index (χ3n) is 5.18.